The van der Waals surface area contributed by atoms with Gasteiger partial charge in [-0.2, -0.15) is 5.26 Å². The second-order valence-corrected chi connectivity index (χ2v) is 13.4. The van der Waals surface area contributed by atoms with Crippen LogP contribution in [0.25, 0.3) is 49.7 Å². The molecule has 1 heterocycles. The first-order valence-electron chi connectivity index (χ1n) is 16.7. The van der Waals surface area contributed by atoms with Crippen molar-refractivity contribution >= 4 is 38.9 Å². The molecule has 0 amide bonds. The zero-order valence-electron chi connectivity index (χ0n) is 27.4. The lowest BCUT2D eigenvalue weighted by molar-refractivity contribution is 0.660. The van der Waals surface area contributed by atoms with E-state index in [1.54, 1.807) is 0 Å². The van der Waals surface area contributed by atoms with Gasteiger partial charge in [0, 0.05) is 38.9 Å². The molecule has 0 bridgehead atoms. The molecule has 0 aliphatic heterocycles. The van der Waals surface area contributed by atoms with Crippen molar-refractivity contribution in [2.75, 3.05) is 4.90 Å². The Hall–Kier alpha value is -6.37. The SMILES string of the molecule is CC1(C)c2ccccc2-c2ccc(N(c3ccc(-c4ccccc4)cc3)c3ccc4c(c3)c3ccccc3n4-c3ccc(C#N)cc3)cc21. The number of hydrogen-bond donors (Lipinski definition) is 0. The van der Waals surface area contributed by atoms with Gasteiger partial charge in [0.15, 0.2) is 0 Å². The summed E-state index contributed by atoms with van der Waals surface area (Å²) in [6.45, 7) is 4.68. The van der Waals surface area contributed by atoms with Crippen LogP contribution in [0.5, 0.6) is 0 Å². The van der Waals surface area contributed by atoms with Gasteiger partial charge in [0.2, 0.25) is 0 Å². The summed E-state index contributed by atoms with van der Waals surface area (Å²) in [5.41, 5.74) is 14.9. The average molecular weight is 628 g/mol. The number of hydrogen-bond acceptors (Lipinski definition) is 2. The van der Waals surface area contributed by atoms with Crippen molar-refractivity contribution in [1.82, 2.24) is 4.57 Å². The number of aromatic nitrogens is 1. The summed E-state index contributed by atoms with van der Waals surface area (Å²) in [7, 11) is 0. The molecule has 0 N–H and O–H groups in total. The van der Waals surface area contributed by atoms with Crippen LogP contribution in [-0.2, 0) is 5.41 Å². The van der Waals surface area contributed by atoms with Crippen molar-refractivity contribution in [3.8, 4) is 34.0 Å². The third-order valence-corrected chi connectivity index (χ3v) is 10.2. The standard InChI is InChI=1S/C46H33N3/c1-46(2)42-14-8-6-12-38(42)39-26-24-37(29-43(39)46)48(34-22-18-33(19-23-34)32-10-4-3-5-11-32)36-25-27-45-41(28-36)40-13-7-9-15-44(40)49(45)35-20-16-31(30-47)17-21-35/h3-29H,1-2H3. The molecule has 0 fully saturated rings. The molecule has 0 saturated heterocycles. The van der Waals surface area contributed by atoms with E-state index in [2.05, 4.69) is 169 Å². The van der Waals surface area contributed by atoms with E-state index in [1.165, 1.54) is 44.2 Å². The van der Waals surface area contributed by atoms with Crippen LogP contribution in [0.15, 0.2) is 164 Å². The Morgan fingerprint density at radius 2 is 1.12 bits per heavy atom. The van der Waals surface area contributed by atoms with Crippen molar-refractivity contribution in [2.24, 2.45) is 0 Å². The zero-order valence-corrected chi connectivity index (χ0v) is 27.4. The molecule has 0 unspecified atom stereocenters. The van der Waals surface area contributed by atoms with E-state index in [4.69, 9.17) is 0 Å². The van der Waals surface area contributed by atoms with E-state index < -0.39 is 0 Å². The third kappa shape index (κ3) is 4.57. The molecule has 8 aromatic rings. The molecule has 0 saturated carbocycles. The Morgan fingerprint density at radius 1 is 0.510 bits per heavy atom. The first-order chi connectivity index (χ1) is 24.0. The lowest BCUT2D eigenvalue weighted by atomic mass is 9.82. The molecule has 7 aromatic carbocycles. The maximum atomic E-state index is 9.41. The van der Waals surface area contributed by atoms with Crippen LogP contribution >= 0.6 is 0 Å². The topological polar surface area (TPSA) is 32.0 Å². The second kappa shape index (κ2) is 11.1. The molecule has 1 aliphatic carbocycles. The van der Waals surface area contributed by atoms with Gasteiger partial charge >= 0.3 is 0 Å². The van der Waals surface area contributed by atoms with Gasteiger partial charge in [-0.3, -0.25) is 0 Å². The maximum Gasteiger partial charge on any atom is 0.0991 e. The molecule has 232 valence electrons. The van der Waals surface area contributed by atoms with Gasteiger partial charge in [0.05, 0.1) is 22.7 Å². The molecule has 1 aliphatic rings. The summed E-state index contributed by atoms with van der Waals surface area (Å²) in [6.07, 6.45) is 0. The van der Waals surface area contributed by atoms with Crippen LogP contribution in [0.2, 0.25) is 0 Å². The number of nitriles is 1. The van der Waals surface area contributed by atoms with E-state index in [-0.39, 0.29) is 5.41 Å². The van der Waals surface area contributed by atoms with Gasteiger partial charge in [0.1, 0.15) is 0 Å². The lowest BCUT2D eigenvalue weighted by Gasteiger charge is -2.28. The van der Waals surface area contributed by atoms with Crippen molar-refractivity contribution < 1.29 is 0 Å². The van der Waals surface area contributed by atoms with Gasteiger partial charge in [-0.05, 0) is 106 Å². The van der Waals surface area contributed by atoms with Crippen LogP contribution < -0.4 is 4.90 Å². The van der Waals surface area contributed by atoms with Gasteiger partial charge in [0.25, 0.3) is 0 Å². The van der Waals surface area contributed by atoms with E-state index in [1.807, 2.05) is 24.3 Å². The van der Waals surface area contributed by atoms with Crippen LogP contribution in [-0.4, -0.2) is 4.57 Å². The number of anilines is 3. The fourth-order valence-electron chi connectivity index (χ4n) is 7.78. The molecule has 0 radical (unpaired) electrons. The van der Waals surface area contributed by atoms with E-state index in [0.717, 1.165) is 33.8 Å². The molecule has 49 heavy (non-hydrogen) atoms. The normalized spacial score (nSPS) is 12.8. The Morgan fingerprint density at radius 3 is 1.92 bits per heavy atom. The van der Waals surface area contributed by atoms with Crippen molar-refractivity contribution in [1.29, 1.82) is 5.26 Å². The molecule has 1 aromatic heterocycles. The second-order valence-electron chi connectivity index (χ2n) is 13.4. The Kier molecular flexibility index (Phi) is 6.54. The molecule has 3 heteroatoms. The highest BCUT2D eigenvalue weighted by Gasteiger charge is 2.35. The minimum Gasteiger partial charge on any atom is -0.310 e. The Balaban J connectivity index is 1.24. The first-order valence-corrected chi connectivity index (χ1v) is 16.7. The smallest absolute Gasteiger partial charge is 0.0991 e. The molecule has 3 nitrogen and oxygen atoms in total. The van der Waals surface area contributed by atoms with Gasteiger partial charge in [-0.25, -0.2) is 0 Å². The summed E-state index contributed by atoms with van der Waals surface area (Å²) >= 11 is 0. The molecule has 9 rings (SSSR count). The number of rotatable bonds is 5. The fraction of sp³-hybridized carbons (Fsp3) is 0.0652. The van der Waals surface area contributed by atoms with Crippen LogP contribution in [0.4, 0.5) is 17.1 Å². The highest BCUT2D eigenvalue weighted by Crippen LogP contribution is 2.51. The van der Waals surface area contributed by atoms with Crippen molar-refractivity contribution in [2.45, 2.75) is 19.3 Å². The zero-order chi connectivity index (χ0) is 33.1. The Bertz CT molecular complexity index is 2570. The van der Waals surface area contributed by atoms with Gasteiger partial charge in [-0.1, -0.05) is 105 Å². The molecule has 0 spiro atoms. The number of para-hydroxylation sites is 1. The largest absolute Gasteiger partial charge is 0.310 e. The van der Waals surface area contributed by atoms with Crippen LogP contribution in [0.1, 0.15) is 30.5 Å². The monoisotopic (exact) mass is 627 g/mol. The van der Waals surface area contributed by atoms with Crippen molar-refractivity contribution in [3.63, 3.8) is 0 Å². The quantitative estimate of drug-likeness (QED) is 0.190. The molecular weight excluding hydrogens is 595 g/mol. The average Bonchev–Trinajstić information content (AvgIpc) is 3.60. The fourth-order valence-corrected chi connectivity index (χ4v) is 7.78. The summed E-state index contributed by atoms with van der Waals surface area (Å²) < 4.78 is 2.30. The van der Waals surface area contributed by atoms with E-state index in [9.17, 15) is 5.26 Å². The number of fused-ring (bicyclic) bond motifs is 6. The van der Waals surface area contributed by atoms with Crippen LogP contribution in [0, 0.1) is 11.3 Å². The van der Waals surface area contributed by atoms with Gasteiger partial charge in [-0.15, -0.1) is 0 Å². The summed E-state index contributed by atoms with van der Waals surface area (Å²) in [5.74, 6) is 0. The predicted molar refractivity (Wildman–Crippen MR) is 203 cm³/mol. The maximum absolute atomic E-state index is 9.41. The van der Waals surface area contributed by atoms with Crippen molar-refractivity contribution in [3.05, 3.63) is 180 Å². The molecular formula is C46H33N3. The summed E-state index contributed by atoms with van der Waals surface area (Å²) in [4.78, 5) is 2.39. The third-order valence-electron chi connectivity index (χ3n) is 10.2. The summed E-state index contributed by atoms with van der Waals surface area (Å²) in [5, 5.41) is 11.8. The first kappa shape index (κ1) is 28.8. The lowest BCUT2D eigenvalue weighted by Crippen LogP contribution is -2.16. The number of benzene rings is 7. The number of nitrogens with zero attached hydrogens (tertiary/aromatic N) is 3. The minimum atomic E-state index is -0.108. The van der Waals surface area contributed by atoms with E-state index >= 15 is 0 Å². The predicted octanol–water partition coefficient (Wildman–Crippen LogP) is 12.1. The highest BCUT2D eigenvalue weighted by molar-refractivity contribution is 6.10. The Labute approximate surface area is 286 Å². The highest BCUT2D eigenvalue weighted by atomic mass is 15.1. The molecule has 0 atom stereocenters. The minimum absolute atomic E-state index is 0.108. The van der Waals surface area contributed by atoms with E-state index in [0.29, 0.717) is 5.56 Å². The van der Waals surface area contributed by atoms with Gasteiger partial charge < -0.3 is 9.47 Å². The summed E-state index contributed by atoms with van der Waals surface area (Å²) in [6, 6.07) is 60.7. The van der Waals surface area contributed by atoms with Crippen LogP contribution in [0.3, 0.4) is 0 Å².